The summed E-state index contributed by atoms with van der Waals surface area (Å²) in [5, 5.41) is 0. The Balaban J connectivity index is 1.71. The molecule has 0 radical (unpaired) electrons. The fraction of sp³-hybridized carbons (Fsp3) is 0.353. The van der Waals surface area contributed by atoms with Gasteiger partial charge in [0, 0.05) is 18.1 Å². The Morgan fingerprint density at radius 3 is 2.32 bits per heavy atom. The normalized spacial score (nSPS) is 14.9. The minimum atomic E-state index is -0.726. The summed E-state index contributed by atoms with van der Waals surface area (Å²) < 4.78 is 9.80. The van der Waals surface area contributed by atoms with Crippen molar-refractivity contribution in [2.24, 2.45) is 5.92 Å². The van der Waals surface area contributed by atoms with E-state index in [1.165, 1.54) is 0 Å². The number of Topliss-reactive ketones (excluding diaryl/α,β-unsaturated/α-hetero) is 1. The first-order chi connectivity index (χ1) is 10.6. The van der Waals surface area contributed by atoms with Crippen LogP contribution in [0.2, 0.25) is 0 Å². The van der Waals surface area contributed by atoms with E-state index in [9.17, 15) is 14.4 Å². The van der Waals surface area contributed by atoms with Gasteiger partial charge in [-0.3, -0.25) is 4.79 Å². The Morgan fingerprint density at radius 2 is 1.64 bits per heavy atom. The molecule has 0 aromatic heterocycles. The number of rotatable bonds is 6. The molecule has 116 valence electrons. The molecular formula is C17H18O5. The highest BCUT2D eigenvalue weighted by Gasteiger charge is 2.23. The van der Waals surface area contributed by atoms with Crippen molar-refractivity contribution in [3.63, 3.8) is 0 Å². The summed E-state index contributed by atoms with van der Waals surface area (Å²) in [6, 6.07) is 8.52. The molecule has 0 bridgehead atoms. The van der Waals surface area contributed by atoms with E-state index in [-0.39, 0.29) is 18.3 Å². The van der Waals surface area contributed by atoms with Crippen LogP contribution >= 0.6 is 0 Å². The number of esters is 2. The van der Waals surface area contributed by atoms with Gasteiger partial charge in [-0.25, -0.2) is 9.59 Å². The molecule has 0 saturated heterocycles. The zero-order chi connectivity index (χ0) is 15.8. The molecule has 1 aromatic rings. The SMILES string of the molecule is O=C(/C=C/C(=O)Oc1ccccc1)OCC(=O)C1CCCC1. The third-order valence-electron chi connectivity index (χ3n) is 3.48. The van der Waals surface area contributed by atoms with E-state index in [0.29, 0.717) is 5.75 Å². The molecule has 1 aliphatic rings. The molecule has 22 heavy (non-hydrogen) atoms. The molecule has 5 nitrogen and oxygen atoms in total. The van der Waals surface area contributed by atoms with Crippen molar-refractivity contribution < 1.29 is 23.9 Å². The second-order valence-electron chi connectivity index (χ2n) is 5.12. The Labute approximate surface area is 128 Å². The molecule has 1 aliphatic carbocycles. The van der Waals surface area contributed by atoms with Crippen molar-refractivity contribution in [1.29, 1.82) is 0 Å². The average molecular weight is 302 g/mol. The van der Waals surface area contributed by atoms with Crippen molar-refractivity contribution in [3.05, 3.63) is 42.5 Å². The van der Waals surface area contributed by atoms with Crippen LogP contribution in [0.1, 0.15) is 25.7 Å². The summed E-state index contributed by atoms with van der Waals surface area (Å²) in [6.45, 7) is -0.235. The van der Waals surface area contributed by atoms with Crippen molar-refractivity contribution in [2.45, 2.75) is 25.7 Å². The predicted octanol–water partition coefficient (Wildman–Crippen LogP) is 2.45. The minimum Gasteiger partial charge on any atom is -0.455 e. The van der Waals surface area contributed by atoms with E-state index in [1.54, 1.807) is 30.3 Å². The van der Waals surface area contributed by atoms with Crippen LogP contribution in [-0.4, -0.2) is 24.3 Å². The van der Waals surface area contributed by atoms with Crippen LogP contribution in [0.25, 0.3) is 0 Å². The van der Waals surface area contributed by atoms with E-state index in [0.717, 1.165) is 37.8 Å². The second-order valence-corrected chi connectivity index (χ2v) is 5.12. The van der Waals surface area contributed by atoms with E-state index >= 15 is 0 Å². The molecule has 1 fully saturated rings. The van der Waals surface area contributed by atoms with Gasteiger partial charge in [-0.05, 0) is 25.0 Å². The number of ether oxygens (including phenoxy) is 2. The van der Waals surface area contributed by atoms with Gasteiger partial charge >= 0.3 is 11.9 Å². The van der Waals surface area contributed by atoms with Crippen LogP contribution in [-0.2, 0) is 19.1 Å². The third kappa shape index (κ3) is 5.16. The molecule has 0 N–H and O–H groups in total. The van der Waals surface area contributed by atoms with Crippen LogP contribution in [0.5, 0.6) is 5.75 Å². The van der Waals surface area contributed by atoms with Crippen LogP contribution in [0.3, 0.4) is 0 Å². The molecule has 0 unspecified atom stereocenters. The Morgan fingerprint density at radius 1 is 1.00 bits per heavy atom. The number of ketones is 1. The zero-order valence-electron chi connectivity index (χ0n) is 12.2. The molecular weight excluding hydrogens is 284 g/mol. The summed E-state index contributed by atoms with van der Waals surface area (Å²) in [5.74, 6) is -1.05. The largest absolute Gasteiger partial charge is 0.455 e. The molecule has 0 spiro atoms. The quantitative estimate of drug-likeness (QED) is 0.458. The highest BCUT2D eigenvalue weighted by molar-refractivity contribution is 5.93. The molecule has 0 amide bonds. The topological polar surface area (TPSA) is 69.7 Å². The first kappa shape index (κ1) is 15.9. The Hall–Kier alpha value is -2.43. The molecule has 1 aromatic carbocycles. The van der Waals surface area contributed by atoms with E-state index in [1.807, 2.05) is 0 Å². The number of carbonyl (C=O) groups excluding carboxylic acids is 3. The van der Waals surface area contributed by atoms with Gasteiger partial charge in [0.05, 0.1) is 0 Å². The fourth-order valence-electron chi connectivity index (χ4n) is 2.33. The lowest BCUT2D eigenvalue weighted by Crippen LogP contribution is -2.19. The van der Waals surface area contributed by atoms with Crippen molar-refractivity contribution in [1.82, 2.24) is 0 Å². The fourth-order valence-corrected chi connectivity index (χ4v) is 2.33. The number of hydrogen-bond donors (Lipinski definition) is 0. The van der Waals surface area contributed by atoms with Crippen molar-refractivity contribution in [3.8, 4) is 5.75 Å². The van der Waals surface area contributed by atoms with Gasteiger partial charge < -0.3 is 9.47 Å². The summed E-state index contributed by atoms with van der Waals surface area (Å²) in [6.07, 6.45) is 5.79. The molecule has 0 heterocycles. The molecule has 0 atom stereocenters. The smallest absolute Gasteiger partial charge is 0.336 e. The van der Waals surface area contributed by atoms with Gasteiger partial charge in [-0.1, -0.05) is 31.0 Å². The van der Waals surface area contributed by atoms with Crippen LogP contribution in [0.15, 0.2) is 42.5 Å². The van der Waals surface area contributed by atoms with Crippen LogP contribution in [0.4, 0.5) is 0 Å². The number of carbonyl (C=O) groups is 3. The summed E-state index contributed by atoms with van der Waals surface area (Å²) in [7, 11) is 0. The van der Waals surface area contributed by atoms with Gasteiger partial charge in [0.2, 0.25) is 0 Å². The Bertz CT molecular complexity index is 556. The van der Waals surface area contributed by atoms with E-state index in [4.69, 9.17) is 9.47 Å². The zero-order valence-corrected chi connectivity index (χ0v) is 12.2. The highest BCUT2D eigenvalue weighted by atomic mass is 16.5. The van der Waals surface area contributed by atoms with Gasteiger partial charge in [0.1, 0.15) is 5.75 Å². The average Bonchev–Trinajstić information content (AvgIpc) is 3.06. The van der Waals surface area contributed by atoms with Crippen molar-refractivity contribution in [2.75, 3.05) is 6.61 Å². The van der Waals surface area contributed by atoms with Crippen LogP contribution in [0, 0.1) is 5.92 Å². The number of para-hydroxylation sites is 1. The monoisotopic (exact) mass is 302 g/mol. The lowest BCUT2D eigenvalue weighted by Gasteiger charge is -2.07. The second kappa shape index (κ2) is 8.12. The standard InChI is InChI=1S/C17H18O5/c18-15(13-6-4-5-7-13)12-21-16(19)10-11-17(20)22-14-8-2-1-3-9-14/h1-3,8-11,13H,4-7,12H2/b11-10+. The van der Waals surface area contributed by atoms with Gasteiger partial charge in [0.15, 0.2) is 12.4 Å². The first-order valence-corrected chi connectivity index (χ1v) is 7.29. The predicted molar refractivity (Wildman–Crippen MR) is 79.1 cm³/mol. The maximum atomic E-state index is 11.7. The third-order valence-corrected chi connectivity index (χ3v) is 3.48. The molecule has 2 rings (SSSR count). The minimum absolute atomic E-state index is 0.0137. The van der Waals surface area contributed by atoms with Gasteiger partial charge in [0.25, 0.3) is 0 Å². The maximum Gasteiger partial charge on any atom is 0.336 e. The van der Waals surface area contributed by atoms with Crippen molar-refractivity contribution >= 4 is 17.7 Å². The van der Waals surface area contributed by atoms with Gasteiger partial charge in [-0.2, -0.15) is 0 Å². The molecule has 0 aliphatic heterocycles. The first-order valence-electron chi connectivity index (χ1n) is 7.29. The molecule has 1 saturated carbocycles. The summed E-state index contributed by atoms with van der Waals surface area (Å²) in [4.78, 5) is 34.7. The maximum absolute atomic E-state index is 11.7. The lowest BCUT2D eigenvalue weighted by atomic mass is 10.0. The van der Waals surface area contributed by atoms with E-state index < -0.39 is 11.9 Å². The summed E-state index contributed by atoms with van der Waals surface area (Å²) in [5.41, 5.74) is 0. The lowest BCUT2D eigenvalue weighted by molar-refractivity contribution is -0.144. The number of benzene rings is 1. The van der Waals surface area contributed by atoms with Gasteiger partial charge in [-0.15, -0.1) is 0 Å². The van der Waals surface area contributed by atoms with E-state index in [2.05, 4.69) is 0 Å². The molecule has 5 heteroatoms. The number of hydrogen-bond acceptors (Lipinski definition) is 5. The Kier molecular flexibility index (Phi) is 5.89. The summed E-state index contributed by atoms with van der Waals surface area (Å²) >= 11 is 0. The highest BCUT2D eigenvalue weighted by Crippen LogP contribution is 2.25. The van der Waals surface area contributed by atoms with Crippen LogP contribution < -0.4 is 4.74 Å².